The molecule has 0 rings (SSSR count). The molecule has 0 aromatic carbocycles. The molecule has 0 bridgehead atoms. The van der Waals surface area contributed by atoms with Crippen molar-refractivity contribution in [3.05, 3.63) is 0 Å². The molecule has 3 amide bonds. The number of halogens is 1. The highest BCUT2D eigenvalue weighted by atomic mass is 127. The zero-order valence-electron chi connectivity index (χ0n) is 16.7. The Hall–Kier alpha value is -1.47. The maximum atomic E-state index is 12.9. The second-order valence-corrected chi connectivity index (χ2v) is 9.18. The van der Waals surface area contributed by atoms with Crippen LogP contribution in [0, 0.1) is 11.8 Å². The number of methoxy groups -OCH3 is 1. The number of hydrogen-bond donors (Lipinski definition) is 5. The van der Waals surface area contributed by atoms with E-state index >= 15 is 0 Å². The molecule has 0 saturated heterocycles. The third-order valence-electron chi connectivity index (χ3n) is 4.15. The van der Waals surface area contributed by atoms with Gasteiger partial charge in [-0.1, -0.05) is 50.3 Å². The number of esters is 1. The van der Waals surface area contributed by atoms with Crippen LogP contribution in [0.1, 0.15) is 40.5 Å². The highest BCUT2D eigenvalue weighted by molar-refractivity contribution is 14.1. The first-order valence-electron chi connectivity index (χ1n) is 8.84. The van der Waals surface area contributed by atoms with Gasteiger partial charge in [0.2, 0.25) is 11.8 Å². The zero-order valence-corrected chi connectivity index (χ0v) is 18.9. The van der Waals surface area contributed by atoms with E-state index in [2.05, 4.69) is 38.0 Å². The van der Waals surface area contributed by atoms with Gasteiger partial charge in [0.25, 0.3) is 5.91 Å². The molecule has 0 aromatic rings. The lowest BCUT2D eigenvalue weighted by Crippen LogP contribution is -2.60. The second-order valence-electron chi connectivity index (χ2n) is 7.06. The standard InChI is InChI=1S/C17H30IN3O7/c1-9(2)7-17(26,11(4)14(23)21-27)16(25)20-12(6-10(3)18)15(24)19-8-13(22)28-5/h9-12,26-27H,6-8H2,1-5H3,(H,19,24)(H,20,25)(H,21,23). The van der Waals surface area contributed by atoms with E-state index in [9.17, 15) is 24.3 Å². The average molecular weight is 515 g/mol. The molecule has 11 heteroatoms. The normalized spacial score (nSPS) is 16.3. The number of hydrogen-bond acceptors (Lipinski definition) is 7. The zero-order chi connectivity index (χ0) is 22.1. The minimum Gasteiger partial charge on any atom is -0.468 e. The molecular weight excluding hydrogens is 485 g/mol. The minimum absolute atomic E-state index is 0.0110. The number of nitrogens with one attached hydrogen (secondary N) is 3. The Morgan fingerprint density at radius 2 is 1.68 bits per heavy atom. The van der Waals surface area contributed by atoms with Gasteiger partial charge in [-0.15, -0.1) is 0 Å². The van der Waals surface area contributed by atoms with Gasteiger partial charge < -0.3 is 20.5 Å². The van der Waals surface area contributed by atoms with Crippen LogP contribution in [-0.2, 0) is 23.9 Å². The smallest absolute Gasteiger partial charge is 0.325 e. The molecule has 0 aromatic heterocycles. The molecule has 0 radical (unpaired) electrons. The molecule has 0 heterocycles. The Kier molecular flexibility index (Phi) is 11.5. The van der Waals surface area contributed by atoms with Gasteiger partial charge in [0.1, 0.15) is 12.6 Å². The van der Waals surface area contributed by atoms with Gasteiger partial charge >= 0.3 is 5.97 Å². The molecule has 162 valence electrons. The molecule has 0 fully saturated rings. The number of carbonyl (C=O) groups is 4. The summed E-state index contributed by atoms with van der Waals surface area (Å²) in [4.78, 5) is 48.3. The maximum absolute atomic E-state index is 12.9. The predicted octanol–water partition coefficient (Wildman–Crippen LogP) is -0.107. The van der Waals surface area contributed by atoms with E-state index < -0.39 is 41.3 Å². The monoisotopic (exact) mass is 515 g/mol. The number of amides is 3. The summed E-state index contributed by atoms with van der Waals surface area (Å²) >= 11 is 2.08. The Balaban J connectivity index is 5.53. The molecule has 0 aliphatic carbocycles. The van der Waals surface area contributed by atoms with Crippen LogP contribution >= 0.6 is 22.6 Å². The van der Waals surface area contributed by atoms with Crippen molar-refractivity contribution in [2.75, 3.05) is 13.7 Å². The van der Waals surface area contributed by atoms with Crippen LogP contribution in [-0.4, -0.2) is 63.2 Å². The molecular formula is C17H30IN3O7. The minimum atomic E-state index is -2.14. The molecule has 4 atom stereocenters. The van der Waals surface area contributed by atoms with Gasteiger partial charge in [0, 0.05) is 3.92 Å². The van der Waals surface area contributed by atoms with Gasteiger partial charge in [0.05, 0.1) is 13.0 Å². The van der Waals surface area contributed by atoms with E-state index in [1.54, 1.807) is 13.8 Å². The highest BCUT2D eigenvalue weighted by Crippen LogP contribution is 2.27. The first-order chi connectivity index (χ1) is 12.9. The topological polar surface area (TPSA) is 154 Å². The van der Waals surface area contributed by atoms with Gasteiger partial charge in [-0.05, 0) is 18.8 Å². The SMILES string of the molecule is COC(=O)CNC(=O)C(CC(C)I)NC(=O)C(O)(CC(C)C)C(C)C(=O)NO. The quantitative estimate of drug-likeness (QED) is 0.0846. The van der Waals surface area contributed by atoms with Crippen LogP contribution in [0.4, 0.5) is 0 Å². The van der Waals surface area contributed by atoms with Crippen molar-refractivity contribution in [3.63, 3.8) is 0 Å². The Morgan fingerprint density at radius 3 is 2.11 bits per heavy atom. The van der Waals surface area contributed by atoms with Crippen molar-refractivity contribution in [1.29, 1.82) is 0 Å². The van der Waals surface area contributed by atoms with Crippen LogP contribution in [0.5, 0.6) is 0 Å². The highest BCUT2D eigenvalue weighted by Gasteiger charge is 2.46. The van der Waals surface area contributed by atoms with E-state index in [0.29, 0.717) is 0 Å². The van der Waals surface area contributed by atoms with Gasteiger partial charge in [-0.3, -0.25) is 24.4 Å². The lowest BCUT2D eigenvalue weighted by Gasteiger charge is -2.34. The summed E-state index contributed by atoms with van der Waals surface area (Å²) in [6.07, 6.45) is 0.168. The number of ether oxygens (including phenoxy) is 1. The third-order valence-corrected chi connectivity index (χ3v) is 4.66. The first kappa shape index (κ1) is 26.5. The maximum Gasteiger partial charge on any atom is 0.325 e. The van der Waals surface area contributed by atoms with E-state index in [-0.39, 0.29) is 29.2 Å². The van der Waals surface area contributed by atoms with Crippen LogP contribution in [0.3, 0.4) is 0 Å². The fourth-order valence-electron chi connectivity index (χ4n) is 2.60. The predicted molar refractivity (Wildman–Crippen MR) is 109 cm³/mol. The van der Waals surface area contributed by atoms with E-state index in [1.165, 1.54) is 19.5 Å². The van der Waals surface area contributed by atoms with Crippen molar-refractivity contribution in [3.8, 4) is 0 Å². The first-order valence-corrected chi connectivity index (χ1v) is 10.1. The molecule has 4 unspecified atom stereocenters. The molecule has 28 heavy (non-hydrogen) atoms. The van der Waals surface area contributed by atoms with Gasteiger partial charge in [-0.25, -0.2) is 5.48 Å². The Labute approximate surface area is 178 Å². The summed E-state index contributed by atoms with van der Waals surface area (Å²) in [7, 11) is 1.18. The molecule has 5 N–H and O–H groups in total. The van der Waals surface area contributed by atoms with Crippen LogP contribution < -0.4 is 16.1 Å². The lowest BCUT2D eigenvalue weighted by molar-refractivity contribution is -0.159. The Morgan fingerprint density at radius 1 is 1.11 bits per heavy atom. The van der Waals surface area contributed by atoms with Crippen LogP contribution in [0.25, 0.3) is 0 Å². The van der Waals surface area contributed by atoms with Gasteiger partial charge in [-0.2, -0.15) is 0 Å². The summed E-state index contributed by atoms with van der Waals surface area (Å²) in [6, 6.07) is -1.04. The molecule has 0 spiro atoms. The average Bonchev–Trinajstić information content (AvgIpc) is 2.62. The largest absolute Gasteiger partial charge is 0.468 e. The fourth-order valence-corrected chi connectivity index (χ4v) is 3.10. The second kappa shape index (κ2) is 12.2. The number of carbonyl (C=O) groups excluding carboxylic acids is 4. The number of alkyl halides is 1. The van der Waals surface area contributed by atoms with E-state index in [4.69, 9.17) is 5.21 Å². The van der Waals surface area contributed by atoms with E-state index in [0.717, 1.165) is 0 Å². The van der Waals surface area contributed by atoms with Crippen molar-refractivity contribution in [2.24, 2.45) is 11.8 Å². The number of rotatable bonds is 11. The fraction of sp³-hybridized carbons (Fsp3) is 0.765. The van der Waals surface area contributed by atoms with E-state index in [1.807, 2.05) is 6.92 Å². The summed E-state index contributed by atoms with van der Waals surface area (Å²) in [5, 5.41) is 24.7. The van der Waals surface area contributed by atoms with Crippen molar-refractivity contribution in [1.82, 2.24) is 16.1 Å². The summed E-state index contributed by atoms with van der Waals surface area (Å²) in [5.41, 5.74) is -0.707. The lowest BCUT2D eigenvalue weighted by atomic mass is 9.80. The number of aliphatic hydroxyl groups is 1. The van der Waals surface area contributed by atoms with Crippen molar-refractivity contribution in [2.45, 2.75) is 56.1 Å². The molecule has 0 aliphatic rings. The molecule has 10 nitrogen and oxygen atoms in total. The summed E-state index contributed by atoms with van der Waals surface area (Å²) in [6.45, 7) is 6.29. The number of hydroxylamine groups is 1. The van der Waals surface area contributed by atoms with Crippen LogP contribution in [0.2, 0.25) is 0 Å². The Bertz CT molecular complexity index is 571. The summed E-state index contributed by atoms with van der Waals surface area (Å²) in [5.74, 6) is -4.52. The molecule has 0 aliphatic heterocycles. The van der Waals surface area contributed by atoms with Crippen LogP contribution in [0.15, 0.2) is 0 Å². The van der Waals surface area contributed by atoms with Crippen molar-refractivity contribution >= 4 is 46.3 Å². The van der Waals surface area contributed by atoms with Crippen molar-refractivity contribution < 1.29 is 34.2 Å². The van der Waals surface area contributed by atoms with Gasteiger partial charge in [0.15, 0.2) is 5.60 Å². The third kappa shape index (κ3) is 8.27. The molecule has 0 saturated carbocycles. The summed E-state index contributed by atoms with van der Waals surface area (Å²) < 4.78 is 4.45.